The van der Waals surface area contributed by atoms with Crippen LogP contribution in [0.15, 0.2) is 21.9 Å². The van der Waals surface area contributed by atoms with Crippen molar-refractivity contribution < 1.29 is 19.1 Å². The monoisotopic (exact) mass is 310 g/mol. The number of hydrogen-bond donors (Lipinski definition) is 1. The molecule has 0 unspecified atom stereocenters. The van der Waals surface area contributed by atoms with Crippen LogP contribution < -0.4 is 0 Å². The number of ether oxygens (including phenoxy) is 1. The van der Waals surface area contributed by atoms with Crippen molar-refractivity contribution in [2.75, 3.05) is 26.8 Å². The minimum Gasteiger partial charge on any atom is -0.480 e. The molecule has 2 aromatic rings. The molecule has 2 heterocycles. The summed E-state index contributed by atoms with van der Waals surface area (Å²) in [6.45, 7) is 3.22. The Balaban J connectivity index is 2.10. The van der Waals surface area contributed by atoms with Gasteiger partial charge in [0.05, 0.1) is 23.7 Å². The number of aryl methyl sites for hydroxylation is 1. The highest BCUT2D eigenvalue weighted by molar-refractivity contribution is 7.13. The average molecular weight is 310 g/mol. The predicted octanol–water partition coefficient (Wildman–Crippen LogP) is 2.24. The molecule has 0 radical (unpaired) electrons. The van der Waals surface area contributed by atoms with Gasteiger partial charge in [-0.1, -0.05) is 6.07 Å². The molecule has 6 nitrogen and oxygen atoms in total. The van der Waals surface area contributed by atoms with Crippen molar-refractivity contribution in [3.8, 4) is 10.8 Å². The molecule has 0 atom stereocenters. The van der Waals surface area contributed by atoms with Crippen LogP contribution in [0.3, 0.4) is 0 Å². The third-order valence-corrected chi connectivity index (χ3v) is 3.83. The Morgan fingerprint density at radius 1 is 1.57 bits per heavy atom. The van der Waals surface area contributed by atoms with Crippen LogP contribution >= 0.6 is 11.3 Å². The van der Waals surface area contributed by atoms with Crippen molar-refractivity contribution >= 4 is 17.3 Å². The normalized spacial score (nSPS) is 11.2. The van der Waals surface area contributed by atoms with Crippen molar-refractivity contribution in [3.05, 3.63) is 29.0 Å². The summed E-state index contributed by atoms with van der Waals surface area (Å²) in [5, 5.41) is 10.9. The largest absolute Gasteiger partial charge is 0.480 e. The number of aromatic nitrogens is 1. The summed E-state index contributed by atoms with van der Waals surface area (Å²) in [6.07, 6.45) is 0. The molecule has 7 heteroatoms. The maximum atomic E-state index is 10.9. The predicted molar refractivity (Wildman–Crippen MR) is 79.3 cm³/mol. The van der Waals surface area contributed by atoms with Gasteiger partial charge in [-0.05, 0) is 18.4 Å². The van der Waals surface area contributed by atoms with E-state index >= 15 is 0 Å². The molecule has 0 spiro atoms. The number of rotatable bonds is 8. The van der Waals surface area contributed by atoms with Gasteiger partial charge in [0, 0.05) is 20.2 Å². The maximum Gasteiger partial charge on any atom is 0.317 e. The van der Waals surface area contributed by atoms with Crippen molar-refractivity contribution in [2.45, 2.75) is 13.5 Å². The average Bonchev–Trinajstić information content (AvgIpc) is 3.06. The molecule has 0 aliphatic rings. The lowest BCUT2D eigenvalue weighted by Crippen LogP contribution is -2.32. The van der Waals surface area contributed by atoms with E-state index < -0.39 is 5.97 Å². The zero-order valence-electron chi connectivity index (χ0n) is 12.0. The maximum absolute atomic E-state index is 10.9. The summed E-state index contributed by atoms with van der Waals surface area (Å²) in [4.78, 5) is 18.1. The van der Waals surface area contributed by atoms with Crippen LogP contribution in [0, 0.1) is 6.92 Å². The first-order valence-electron chi connectivity index (χ1n) is 6.53. The number of carboxylic acids is 1. The first kappa shape index (κ1) is 15.7. The molecule has 114 valence electrons. The molecular formula is C14H18N2O4S. The van der Waals surface area contributed by atoms with Crippen molar-refractivity contribution in [1.82, 2.24) is 9.88 Å². The highest BCUT2D eigenvalue weighted by atomic mass is 32.1. The van der Waals surface area contributed by atoms with E-state index in [9.17, 15) is 4.79 Å². The van der Waals surface area contributed by atoms with Gasteiger partial charge in [-0.25, -0.2) is 4.98 Å². The Bertz CT molecular complexity index is 580. The van der Waals surface area contributed by atoms with Gasteiger partial charge in [0.1, 0.15) is 5.76 Å². The molecule has 0 fully saturated rings. The molecule has 0 amide bonds. The van der Waals surface area contributed by atoms with Crippen molar-refractivity contribution in [3.63, 3.8) is 0 Å². The Morgan fingerprint density at radius 2 is 2.38 bits per heavy atom. The Morgan fingerprint density at radius 3 is 3.00 bits per heavy atom. The quantitative estimate of drug-likeness (QED) is 0.806. The van der Waals surface area contributed by atoms with Crippen LogP contribution in [-0.2, 0) is 16.1 Å². The highest BCUT2D eigenvalue weighted by Crippen LogP contribution is 2.26. The van der Waals surface area contributed by atoms with Gasteiger partial charge in [0.2, 0.25) is 5.89 Å². The zero-order chi connectivity index (χ0) is 15.2. The number of hydrogen-bond acceptors (Lipinski definition) is 6. The van der Waals surface area contributed by atoms with Crippen LogP contribution in [0.25, 0.3) is 10.8 Å². The van der Waals surface area contributed by atoms with Crippen LogP contribution in [0.2, 0.25) is 0 Å². The Labute approximate surface area is 127 Å². The number of oxazole rings is 1. The molecule has 0 aromatic carbocycles. The van der Waals surface area contributed by atoms with E-state index in [4.69, 9.17) is 14.3 Å². The van der Waals surface area contributed by atoms with Crippen molar-refractivity contribution in [2.24, 2.45) is 0 Å². The molecule has 0 saturated heterocycles. The summed E-state index contributed by atoms with van der Waals surface area (Å²) in [5.74, 6) is 0.427. The minimum atomic E-state index is -0.870. The lowest BCUT2D eigenvalue weighted by molar-refractivity contribution is -0.138. The third-order valence-electron chi connectivity index (χ3n) is 2.97. The van der Waals surface area contributed by atoms with Gasteiger partial charge in [-0.2, -0.15) is 0 Å². The second-order valence-corrected chi connectivity index (χ2v) is 5.54. The first-order chi connectivity index (χ1) is 10.1. The molecule has 2 aromatic heterocycles. The van der Waals surface area contributed by atoms with E-state index in [1.54, 1.807) is 23.3 Å². The zero-order valence-corrected chi connectivity index (χ0v) is 12.9. The molecule has 0 aliphatic heterocycles. The van der Waals surface area contributed by atoms with E-state index in [1.807, 2.05) is 24.4 Å². The Hall–Kier alpha value is -1.70. The van der Waals surface area contributed by atoms with Gasteiger partial charge < -0.3 is 14.3 Å². The van der Waals surface area contributed by atoms with Gasteiger partial charge >= 0.3 is 5.97 Å². The second kappa shape index (κ2) is 7.35. The summed E-state index contributed by atoms with van der Waals surface area (Å²) < 4.78 is 10.7. The number of carboxylic acid groups (broad SMARTS) is 1. The fourth-order valence-corrected chi connectivity index (χ4v) is 2.57. The lowest BCUT2D eigenvalue weighted by Gasteiger charge is -2.18. The van der Waals surface area contributed by atoms with E-state index in [0.29, 0.717) is 31.3 Å². The van der Waals surface area contributed by atoms with Gasteiger partial charge in [0.15, 0.2) is 0 Å². The SMILES string of the molecule is COCCN(CC(=O)O)Cc1nc(-c2cccs2)oc1C. The number of methoxy groups -OCH3 is 1. The van der Waals surface area contributed by atoms with Gasteiger partial charge in [0.25, 0.3) is 0 Å². The van der Waals surface area contributed by atoms with Crippen LogP contribution in [0.4, 0.5) is 0 Å². The first-order valence-corrected chi connectivity index (χ1v) is 7.41. The third kappa shape index (κ3) is 4.38. The molecule has 2 rings (SSSR count). The van der Waals surface area contributed by atoms with Gasteiger partial charge in [-0.3, -0.25) is 9.69 Å². The van der Waals surface area contributed by atoms with Gasteiger partial charge in [-0.15, -0.1) is 11.3 Å². The van der Waals surface area contributed by atoms with Crippen LogP contribution in [0.5, 0.6) is 0 Å². The second-order valence-electron chi connectivity index (χ2n) is 4.60. The molecular weight excluding hydrogens is 292 g/mol. The lowest BCUT2D eigenvalue weighted by atomic mass is 10.3. The van der Waals surface area contributed by atoms with E-state index in [-0.39, 0.29) is 6.54 Å². The fourth-order valence-electron chi connectivity index (χ4n) is 1.92. The smallest absolute Gasteiger partial charge is 0.317 e. The standard InChI is InChI=1S/C14H18N2O4S/c1-10-11(8-16(5-6-19-2)9-13(17)18)15-14(20-10)12-4-3-7-21-12/h3-4,7H,5-6,8-9H2,1-2H3,(H,17,18). The summed E-state index contributed by atoms with van der Waals surface area (Å²) in [5.41, 5.74) is 0.760. The van der Waals surface area contributed by atoms with Crippen molar-refractivity contribution in [1.29, 1.82) is 0 Å². The summed E-state index contributed by atoms with van der Waals surface area (Å²) in [6, 6.07) is 3.88. The Kier molecular flexibility index (Phi) is 5.49. The molecule has 1 N–H and O–H groups in total. The molecule has 21 heavy (non-hydrogen) atoms. The number of nitrogens with zero attached hydrogens (tertiary/aromatic N) is 2. The van der Waals surface area contributed by atoms with Crippen LogP contribution in [0.1, 0.15) is 11.5 Å². The van der Waals surface area contributed by atoms with E-state index in [0.717, 1.165) is 10.6 Å². The van der Waals surface area contributed by atoms with E-state index in [2.05, 4.69) is 4.98 Å². The number of thiophene rings is 1. The topological polar surface area (TPSA) is 75.8 Å². The number of aliphatic carboxylic acids is 1. The van der Waals surface area contributed by atoms with Crippen LogP contribution in [-0.4, -0.2) is 47.8 Å². The summed E-state index contributed by atoms with van der Waals surface area (Å²) >= 11 is 1.56. The fraction of sp³-hybridized carbons (Fsp3) is 0.429. The number of carbonyl (C=O) groups is 1. The minimum absolute atomic E-state index is 0.0516. The molecule has 0 aliphatic carbocycles. The molecule has 0 saturated carbocycles. The summed E-state index contributed by atoms with van der Waals surface area (Å²) in [7, 11) is 1.59. The highest BCUT2D eigenvalue weighted by Gasteiger charge is 2.17. The molecule has 0 bridgehead atoms. The van der Waals surface area contributed by atoms with E-state index in [1.165, 1.54) is 0 Å².